The number of anilines is 1. The highest BCUT2D eigenvalue weighted by Crippen LogP contribution is 2.18. The lowest BCUT2D eigenvalue weighted by Gasteiger charge is -2.05. The number of amides is 1. The van der Waals surface area contributed by atoms with Crippen molar-refractivity contribution in [3.63, 3.8) is 0 Å². The Morgan fingerprint density at radius 2 is 2.35 bits per heavy atom. The lowest BCUT2D eigenvalue weighted by Crippen LogP contribution is -2.27. The van der Waals surface area contributed by atoms with Gasteiger partial charge in [0.2, 0.25) is 0 Å². The summed E-state index contributed by atoms with van der Waals surface area (Å²) in [6.07, 6.45) is -2.49. The lowest BCUT2D eigenvalue weighted by molar-refractivity contribution is 0.0188. The van der Waals surface area contributed by atoms with Crippen LogP contribution < -0.4 is 11.1 Å². The summed E-state index contributed by atoms with van der Waals surface area (Å²) in [5, 5.41) is 2.85. The molecule has 0 radical (unpaired) electrons. The molecule has 1 aromatic heterocycles. The van der Waals surface area contributed by atoms with Crippen LogP contribution in [0.5, 0.6) is 0 Å². The van der Waals surface area contributed by atoms with E-state index in [1.165, 1.54) is 0 Å². The predicted molar refractivity (Wildman–Crippen MR) is 60.4 cm³/mol. The SMILES string of the molecule is Cc1nc(N)sc1C(=O)NCCOCC(F)F. The van der Waals surface area contributed by atoms with Crippen molar-refractivity contribution >= 4 is 22.4 Å². The third-order valence-corrected chi connectivity index (χ3v) is 2.78. The normalized spacial score (nSPS) is 10.8. The lowest BCUT2D eigenvalue weighted by atomic mass is 10.4. The van der Waals surface area contributed by atoms with Crippen molar-refractivity contribution in [3.05, 3.63) is 10.6 Å². The molecule has 0 spiro atoms. The van der Waals surface area contributed by atoms with Gasteiger partial charge in [-0.15, -0.1) is 0 Å². The molecule has 1 rings (SSSR count). The molecule has 0 saturated carbocycles. The van der Waals surface area contributed by atoms with E-state index in [9.17, 15) is 13.6 Å². The Balaban J connectivity index is 2.28. The van der Waals surface area contributed by atoms with Gasteiger partial charge in [0.1, 0.15) is 11.5 Å². The molecule has 5 nitrogen and oxygen atoms in total. The van der Waals surface area contributed by atoms with Gasteiger partial charge < -0.3 is 15.8 Å². The van der Waals surface area contributed by atoms with Gasteiger partial charge in [-0.05, 0) is 6.92 Å². The highest BCUT2D eigenvalue weighted by Gasteiger charge is 2.13. The van der Waals surface area contributed by atoms with Gasteiger partial charge in [0.15, 0.2) is 5.13 Å². The molecule has 17 heavy (non-hydrogen) atoms. The number of alkyl halides is 2. The molecule has 3 N–H and O–H groups in total. The molecule has 1 heterocycles. The van der Waals surface area contributed by atoms with Crippen LogP contribution in [0.25, 0.3) is 0 Å². The molecule has 8 heteroatoms. The van der Waals surface area contributed by atoms with Crippen molar-refractivity contribution in [1.82, 2.24) is 10.3 Å². The first-order chi connectivity index (χ1) is 8.00. The Morgan fingerprint density at radius 1 is 1.65 bits per heavy atom. The van der Waals surface area contributed by atoms with Crippen molar-refractivity contribution < 1.29 is 18.3 Å². The minimum Gasteiger partial charge on any atom is -0.375 e. The molecule has 0 aliphatic carbocycles. The van der Waals surface area contributed by atoms with E-state index in [2.05, 4.69) is 15.0 Å². The second kappa shape index (κ2) is 6.45. The maximum Gasteiger partial charge on any atom is 0.263 e. The number of hydrogen-bond acceptors (Lipinski definition) is 5. The molecule has 0 fully saturated rings. The molecule has 0 aliphatic heterocycles. The van der Waals surface area contributed by atoms with Crippen molar-refractivity contribution in [3.8, 4) is 0 Å². The number of nitrogens with zero attached hydrogens (tertiary/aromatic N) is 1. The quantitative estimate of drug-likeness (QED) is 0.754. The fourth-order valence-corrected chi connectivity index (χ4v) is 1.87. The van der Waals surface area contributed by atoms with Crippen molar-refractivity contribution in [2.75, 3.05) is 25.5 Å². The van der Waals surface area contributed by atoms with Gasteiger partial charge in [-0.2, -0.15) is 0 Å². The first kappa shape index (κ1) is 13.8. The number of nitrogen functional groups attached to an aromatic ring is 1. The first-order valence-electron chi connectivity index (χ1n) is 4.87. The topological polar surface area (TPSA) is 77.2 Å². The van der Waals surface area contributed by atoms with Crippen LogP contribution in [0.3, 0.4) is 0 Å². The largest absolute Gasteiger partial charge is 0.375 e. The van der Waals surface area contributed by atoms with Gasteiger partial charge in [0.05, 0.1) is 12.3 Å². The average molecular weight is 265 g/mol. The Morgan fingerprint density at radius 3 is 2.88 bits per heavy atom. The number of ether oxygens (including phenoxy) is 1. The fourth-order valence-electron chi connectivity index (χ4n) is 1.12. The molecule has 0 atom stereocenters. The number of nitrogens with two attached hydrogens (primary N) is 1. The van der Waals surface area contributed by atoms with Gasteiger partial charge in [-0.3, -0.25) is 4.79 Å². The summed E-state index contributed by atoms with van der Waals surface area (Å²) < 4.78 is 28.0. The Hall–Kier alpha value is -1.28. The van der Waals surface area contributed by atoms with Crippen LogP contribution in [0.4, 0.5) is 13.9 Å². The summed E-state index contributed by atoms with van der Waals surface area (Å²) in [4.78, 5) is 15.9. The Labute approximate surface area is 101 Å². The number of carbonyl (C=O) groups is 1. The number of aryl methyl sites for hydroxylation is 1. The molecule has 0 aliphatic rings. The highest BCUT2D eigenvalue weighted by molar-refractivity contribution is 7.17. The number of nitrogens with one attached hydrogen (secondary N) is 1. The van der Waals surface area contributed by atoms with Crippen LogP contribution in [-0.4, -0.2) is 37.1 Å². The van der Waals surface area contributed by atoms with E-state index in [0.29, 0.717) is 15.7 Å². The van der Waals surface area contributed by atoms with Gasteiger partial charge in [-0.1, -0.05) is 11.3 Å². The standard InChI is InChI=1S/C9H13F2N3O2S/c1-5-7(17-9(12)14-5)8(15)13-2-3-16-4-6(10)11/h6H,2-4H2,1H3,(H2,12,14)(H,13,15). The Bertz CT molecular complexity index is 384. The fraction of sp³-hybridized carbons (Fsp3) is 0.556. The zero-order valence-corrected chi connectivity index (χ0v) is 10.0. The van der Waals surface area contributed by atoms with E-state index in [-0.39, 0.29) is 19.1 Å². The maximum absolute atomic E-state index is 11.7. The molecule has 1 amide bonds. The second-order valence-electron chi connectivity index (χ2n) is 3.19. The molecule has 0 aromatic carbocycles. The monoisotopic (exact) mass is 265 g/mol. The number of aromatic nitrogens is 1. The van der Waals surface area contributed by atoms with E-state index >= 15 is 0 Å². The molecule has 0 unspecified atom stereocenters. The van der Waals surface area contributed by atoms with Crippen molar-refractivity contribution in [1.29, 1.82) is 0 Å². The summed E-state index contributed by atoms with van der Waals surface area (Å²) in [6.45, 7) is 1.27. The summed E-state index contributed by atoms with van der Waals surface area (Å²) in [5.41, 5.74) is 6.00. The molecule has 0 saturated heterocycles. The average Bonchev–Trinajstić information content (AvgIpc) is 2.56. The third kappa shape index (κ3) is 4.61. The van der Waals surface area contributed by atoms with Crippen LogP contribution in [0.2, 0.25) is 0 Å². The summed E-state index contributed by atoms with van der Waals surface area (Å²) in [5.74, 6) is -0.322. The number of halogens is 2. The van der Waals surface area contributed by atoms with Gasteiger partial charge in [0.25, 0.3) is 12.3 Å². The smallest absolute Gasteiger partial charge is 0.263 e. The van der Waals surface area contributed by atoms with E-state index in [1.807, 2.05) is 0 Å². The maximum atomic E-state index is 11.7. The summed E-state index contributed by atoms with van der Waals surface area (Å²) in [6, 6.07) is 0. The third-order valence-electron chi connectivity index (χ3n) is 1.80. The number of rotatable bonds is 6. The van der Waals surface area contributed by atoms with Crippen LogP contribution in [0.1, 0.15) is 15.4 Å². The summed E-state index contributed by atoms with van der Waals surface area (Å²) >= 11 is 1.08. The van der Waals surface area contributed by atoms with Crippen molar-refractivity contribution in [2.45, 2.75) is 13.3 Å². The highest BCUT2D eigenvalue weighted by atomic mass is 32.1. The van der Waals surface area contributed by atoms with Crippen LogP contribution in [0, 0.1) is 6.92 Å². The van der Waals surface area contributed by atoms with Crippen LogP contribution >= 0.6 is 11.3 Å². The van der Waals surface area contributed by atoms with E-state index in [1.54, 1.807) is 6.92 Å². The molecular weight excluding hydrogens is 252 g/mol. The van der Waals surface area contributed by atoms with Gasteiger partial charge in [-0.25, -0.2) is 13.8 Å². The number of carbonyl (C=O) groups excluding carboxylic acids is 1. The number of thiazole rings is 1. The minimum atomic E-state index is -2.49. The zero-order chi connectivity index (χ0) is 12.8. The van der Waals surface area contributed by atoms with Gasteiger partial charge >= 0.3 is 0 Å². The van der Waals surface area contributed by atoms with E-state index in [0.717, 1.165) is 11.3 Å². The van der Waals surface area contributed by atoms with E-state index in [4.69, 9.17) is 5.73 Å². The van der Waals surface area contributed by atoms with Crippen molar-refractivity contribution in [2.24, 2.45) is 0 Å². The molecule has 1 aromatic rings. The van der Waals surface area contributed by atoms with E-state index < -0.39 is 13.0 Å². The molecular formula is C9H13F2N3O2S. The van der Waals surface area contributed by atoms with Crippen LogP contribution in [0.15, 0.2) is 0 Å². The Kier molecular flexibility index (Phi) is 5.23. The molecule has 96 valence electrons. The summed E-state index contributed by atoms with van der Waals surface area (Å²) in [7, 11) is 0. The van der Waals surface area contributed by atoms with Gasteiger partial charge in [0, 0.05) is 6.54 Å². The number of hydrogen-bond donors (Lipinski definition) is 2. The first-order valence-corrected chi connectivity index (χ1v) is 5.69. The zero-order valence-electron chi connectivity index (χ0n) is 9.20. The minimum absolute atomic E-state index is 0.0451. The van der Waals surface area contributed by atoms with Crippen LogP contribution in [-0.2, 0) is 4.74 Å². The molecule has 0 bridgehead atoms. The predicted octanol–water partition coefficient (Wildman–Crippen LogP) is 1.05. The second-order valence-corrected chi connectivity index (χ2v) is 4.22.